The van der Waals surface area contributed by atoms with Gasteiger partial charge in [-0.2, -0.15) is 13.2 Å². The predicted molar refractivity (Wildman–Crippen MR) is 95.5 cm³/mol. The van der Waals surface area contributed by atoms with Crippen molar-refractivity contribution >= 4 is 29.2 Å². The van der Waals surface area contributed by atoms with Gasteiger partial charge in [0.2, 0.25) is 5.91 Å². The topological polar surface area (TPSA) is 75.6 Å². The first kappa shape index (κ1) is 20.0. The zero-order valence-electron chi connectivity index (χ0n) is 14.3. The molecule has 2 aromatic rings. The number of ether oxygens (including phenoxy) is 1. The average molecular weight is 414 g/mol. The van der Waals surface area contributed by atoms with E-state index in [1.807, 2.05) is 0 Å². The highest BCUT2D eigenvalue weighted by molar-refractivity contribution is 6.30. The van der Waals surface area contributed by atoms with E-state index in [0.29, 0.717) is 5.56 Å². The molecule has 0 atom stereocenters. The lowest BCUT2D eigenvalue weighted by Crippen LogP contribution is -2.16. The van der Waals surface area contributed by atoms with Crippen LogP contribution in [-0.2, 0) is 17.6 Å². The number of amides is 1. The van der Waals surface area contributed by atoms with Gasteiger partial charge in [-0.05, 0) is 48.7 Å². The molecule has 2 aromatic carbocycles. The summed E-state index contributed by atoms with van der Waals surface area (Å²) in [4.78, 5) is 23.3. The molecular formula is C19H15ClF3NO4. The molecule has 0 aromatic heterocycles. The molecule has 1 aliphatic carbocycles. The molecule has 0 unspecified atom stereocenters. The molecule has 0 saturated heterocycles. The first-order chi connectivity index (χ1) is 13.1. The lowest BCUT2D eigenvalue weighted by atomic mass is 10.1. The van der Waals surface area contributed by atoms with Crippen LogP contribution in [0.2, 0.25) is 5.02 Å². The van der Waals surface area contributed by atoms with Crippen LogP contribution in [0.3, 0.4) is 0 Å². The number of carboxylic acids is 1. The molecule has 1 saturated carbocycles. The molecule has 0 radical (unpaired) electrons. The summed E-state index contributed by atoms with van der Waals surface area (Å²) in [5.41, 5.74) is -0.713. The Morgan fingerprint density at radius 2 is 1.89 bits per heavy atom. The second-order valence-electron chi connectivity index (χ2n) is 6.38. The van der Waals surface area contributed by atoms with Crippen LogP contribution in [0.15, 0.2) is 36.4 Å². The van der Waals surface area contributed by atoms with E-state index in [-0.39, 0.29) is 34.7 Å². The van der Waals surface area contributed by atoms with Crippen molar-refractivity contribution in [3.05, 3.63) is 58.1 Å². The van der Waals surface area contributed by atoms with Gasteiger partial charge in [0.05, 0.1) is 16.8 Å². The van der Waals surface area contributed by atoms with Crippen molar-refractivity contribution in [2.75, 3.05) is 5.32 Å². The highest BCUT2D eigenvalue weighted by Crippen LogP contribution is 2.38. The molecule has 2 N–H and O–H groups in total. The molecule has 0 spiro atoms. The highest BCUT2D eigenvalue weighted by atomic mass is 35.5. The standard InChI is InChI=1S/C19H15ClF3NO4/c20-12-4-6-16(14(8-12)19(21,22)23)28-9-10-1-5-15(13(7-10)18(26)27)24-17(25)11-2-3-11/h1,4-8,11H,2-3,9H2,(H,24,25)(H,26,27). The van der Waals surface area contributed by atoms with Crippen molar-refractivity contribution < 1.29 is 32.6 Å². The molecule has 1 aliphatic rings. The Kier molecular flexibility index (Phi) is 5.51. The number of nitrogens with one attached hydrogen (secondary N) is 1. The van der Waals surface area contributed by atoms with E-state index in [1.165, 1.54) is 24.3 Å². The van der Waals surface area contributed by atoms with Crippen LogP contribution in [0, 0.1) is 5.92 Å². The quantitative estimate of drug-likeness (QED) is 0.700. The van der Waals surface area contributed by atoms with Crippen molar-refractivity contribution in [2.24, 2.45) is 5.92 Å². The number of rotatable bonds is 6. The maximum Gasteiger partial charge on any atom is 0.420 e. The lowest BCUT2D eigenvalue weighted by Gasteiger charge is -2.15. The lowest BCUT2D eigenvalue weighted by molar-refractivity contribution is -0.139. The van der Waals surface area contributed by atoms with Crippen LogP contribution >= 0.6 is 11.6 Å². The minimum absolute atomic E-state index is 0.0800. The summed E-state index contributed by atoms with van der Waals surface area (Å²) in [6.45, 7) is -0.290. The van der Waals surface area contributed by atoms with Crippen molar-refractivity contribution in [2.45, 2.75) is 25.6 Å². The Morgan fingerprint density at radius 3 is 2.50 bits per heavy atom. The van der Waals surface area contributed by atoms with E-state index < -0.39 is 23.5 Å². The Bertz CT molecular complexity index is 926. The number of halogens is 4. The van der Waals surface area contributed by atoms with Gasteiger partial charge in [0.25, 0.3) is 0 Å². The molecule has 5 nitrogen and oxygen atoms in total. The summed E-state index contributed by atoms with van der Waals surface area (Å²) >= 11 is 5.63. The minimum atomic E-state index is -4.65. The van der Waals surface area contributed by atoms with Gasteiger partial charge in [-0.1, -0.05) is 17.7 Å². The third-order valence-corrected chi connectivity index (χ3v) is 4.40. The third kappa shape index (κ3) is 4.75. The normalized spacial score (nSPS) is 13.9. The summed E-state index contributed by atoms with van der Waals surface area (Å²) in [5, 5.41) is 11.9. The fraction of sp³-hybridized carbons (Fsp3) is 0.263. The Balaban J connectivity index is 1.79. The summed E-state index contributed by atoms with van der Waals surface area (Å²) < 4.78 is 44.6. The third-order valence-electron chi connectivity index (χ3n) is 4.16. The van der Waals surface area contributed by atoms with Crippen LogP contribution in [0.5, 0.6) is 5.75 Å². The number of carbonyl (C=O) groups excluding carboxylic acids is 1. The minimum Gasteiger partial charge on any atom is -0.488 e. The number of carboxylic acid groups (broad SMARTS) is 1. The van der Waals surface area contributed by atoms with E-state index >= 15 is 0 Å². The van der Waals surface area contributed by atoms with E-state index in [4.69, 9.17) is 16.3 Å². The fourth-order valence-corrected chi connectivity index (χ4v) is 2.73. The molecular weight excluding hydrogens is 399 g/mol. The van der Waals surface area contributed by atoms with E-state index in [1.54, 1.807) is 0 Å². The van der Waals surface area contributed by atoms with Crippen molar-refractivity contribution in [1.29, 1.82) is 0 Å². The number of anilines is 1. The second-order valence-corrected chi connectivity index (χ2v) is 6.81. The number of hydrogen-bond acceptors (Lipinski definition) is 3. The first-order valence-electron chi connectivity index (χ1n) is 8.32. The van der Waals surface area contributed by atoms with Gasteiger partial charge in [-0.3, -0.25) is 4.79 Å². The predicted octanol–water partition coefficient (Wildman–Crippen LogP) is 4.98. The van der Waals surface area contributed by atoms with Crippen molar-refractivity contribution in [1.82, 2.24) is 0 Å². The summed E-state index contributed by atoms with van der Waals surface area (Å²) in [7, 11) is 0. The smallest absolute Gasteiger partial charge is 0.420 e. The molecule has 148 valence electrons. The number of carbonyl (C=O) groups is 2. The average Bonchev–Trinajstić information content (AvgIpc) is 3.45. The van der Waals surface area contributed by atoms with Crippen LogP contribution in [0.1, 0.15) is 34.3 Å². The van der Waals surface area contributed by atoms with Gasteiger partial charge < -0.3 is 15.2 Å². The maximum atomic E-state index is 13.1. The van der Waals surface area contributed by atoms with Gasteiger partial charge in [0.15, 0.2) is 0 Å². The maximum absolute atomic E-state index is 13.1. The molecule has 0 bridgehead atoms. The summed E-state index contributed by atoms with van der Waals surface area (Å²) in [6.07, 6.45) is -3.12. The zero-order chi connectivity index (χ0) is 20.5. The largest absolute Gasteiger partial charge is 0.488 e. The van der Waals surface area contributed by atoms with Crippen molar-refractivity contribution in [3.8, 4) is 5.75 Å². The fourth-order valence-electron chi connectivity index (χ4n) is 2.56. The van der Waals surface area contributed by atoms with Crippen LogP contribution in [0.4, 0.5) is 18.9 Å². The van der Waals surface area contributed by atoms with Gasteiger partial charge in [0.1, 0.15) is 12.4 Å². The monoisotopic (exact) mass is 413 g/mol. The molecule has 9 heteroatoms. The number of hydrogen-bond donors (Lipinski definition) is 2. The van der Waals surface area contributed by atoms with E-state index in [9.17, 15) is 27.9 Å². The SMILES string of the molecule is O=C(O)c1cc(COc2ccc(Cl)cc2C(F)(F)F)ccc1NC(=O)C1CC1. The van der Waals surface area contributed by atoms with E-state index in [2.05, 4.69) is 5.32 Å². The molecule has 3 rings (SSSR count). The van der Waals surface area contributed by atoms with Crippen LogP contribution < -0.4 is 10.1 Å². The molecule has 1 fully saturated rings. The van der Waals surface area contributed by atoms with Gasteiger partial charge in [-0.15, -0.1) is 0 Å². The zero-order valence-corrected chi connectivity index (χ0v) is 15.1. The van der Waals surface area contributed by atoms with Gasteiger partial charge >= 0.3 is 12.1 Å². The second kappa shape index (κ2) is 7.71. The Hall–Kier alpha value is -2.74. The summed E-state index contributed by atoms with van der Waals surface area (Å²) in [5.74, 6) is -2.03. The Labute approximate surface area is 163 Å². The number of aromatic carboxylic acids is 1. The summed E-state index contributed by atoms with van der Waals surface area (Å²) in [6, 6.07) is 7.27. The Morgan fingerprint density at radius 1 is 1.18 bits per heavy atom. The van der Waals surface area contributed by atoms with Gasteiger partial charge in [0, 0.05) is 10.9 Å². The molecule has 28 heavy (non-hydrogen) atoms. The molecule has 0 aliphatic heterocycles. The molecule has 0 heterocycles. The van der Waals surface area contributed by atoms with Gasteiger partial charge in [-0.25, -0.2) is 4.79 Å². The highest BCUT2D eigenvalue weighted by Gasteiger charge is 2.35. The first-order valence-corrected chi connectivity index (χ1v) is 8.69. The number of alkyl halides is 3. The molecule has 1 amide bonds. The van der Waals surface area contributed by atoms with E-state index in [0.717, 1.165) is 25.0 Å². The van der Waals surface area contributed by atoms with Crippen LogP contribution in [-0.4, -0.2) is 17.0 Å². The van der Waals surface area contributed by atoms with Crippen molar-refractivity contribution in [3.63, 3.8) is 0 Å². The number of benzene rings is 2. The van der Waals surface area contributed by atoms with Crippen LogP contribution in [0.25, 0.3) is 0 Å².